The van der Waals surface area contributed by atoms with Gasteiger partial charge in [-0.3, -0.25) is 0 Å². The summed E-state index contributed by atoms with van der Waals surface area (Å²) >= 11 is 4.50. The molecule has 2 N–H and O–H groups in total. The molecule has 0 saturated heterocycles. The smallest absolute Gasteiger partial charge is 0.251 e. The summed E-state index contributed by atoms with van der Waals surface area (Å²) in [7, 11) is -1.58. The number of hydrogen-bond acceptors (Lipinski definition) is 4. The molecule has 0 aliphatic rings. The van der Waals surface area contributed by atoms with E-state index in [2.05, 4.69) is 26.0 Å². The molecule has 1 rings (SSSR count). The Balaban J connectivity index is 2.82. The Labute approximate surface area is 102 Å². The van der Waals surface area contributed by atoms with Gasteiger partial charge in [0.1, 0.15) is 4.21 Å². The Morgan fingerprint density at radius 1 is 1.47 bits per heavy atom. The number of sulfonamides is 1. The second-order valence-corrected chi connectivity index (χ2v) is 7.07. The third kappa shape index (κ3) is 3.53. The third-order valence-electron chi connectivity index (χ3n) is 1.69. The SMILES string of the molecule is CNCCNS(=O)(=O)c1sc(C)cc1Br. The molecule has 4 nitrogen and oxygen atoms in total. The molecule has 0 unspecified atom stereocenters. The minimum absolute atomic E-state index is 0.344. The van der Waals surface area contributed by atoms with Crippen molar-refractivity contribution in [2.75, 3.05) is 20.1 Å². The number of halogens is 1. The van der Waals surface area contributed by atoms with E-state index in [0.29, 0.717) is 21.8 Å². The third-order valence-corrected chi connectivity index (χ3v) is 5.89. The van der Waals surface area contributed by atoms with E-state index >= 15 is 0 Å². The fourth-order valence-electron chi connectivity index (χ4n) is 1.02. The predicted octanol–water partition coefficient (Wildman–Crippen LogP) is 1.32. The van der Waals surface area contributed by atoms with E-state index < -0.39 is 10.0 Å². The van der Waals surface area contributed by atoms with E-state index in [1.807, 2.05) is 6.92 Å². The molecular weight excluding hydrogens is 300 g/mol. The van der Waals surface area contributed by atoms with Gasteiger partial charge in [-0.15, -0.1) is 11.3 Å². The molecule has 1 aromatic rings. The molecule has 0 aromatic carbocycles. The first-order chi connectivity index (χ1) is 6.97. The summed E-state index contributed by atoms with van der Waals surface area (Å²) in [5.74, 6) is 0. The molecule has 0 amide bonds. The van der Waals surface area contributed by atoms with Crippen LogP contribution in [0.2, 0.25) is 0 Å². The van der Waals surface area contributed by atoms with Crippen LogP contribution in [0.5, 0.6) is 0 Å². The average molecular weight is 313 g/mol. The first-order valence-corrected chi connectivity index (χ1v) is 7.47. The van der Waals surface area contributed by atoms with Crippen LogP contribution in [-0.2, 0) is 10.0 Å². The highest BCUT2D eigenvalue weighted by atomic mass is 79.9. The Hall–Kier alpha value is 0.0500. The van der Waals surface area contributed by atoms with Crippen molar-refractivity contribution in [3.8, 4) is 0 Å². The van der Waals surface area contributed by atoms with Crippen LogP contribution in [0.4, 0.5) is 0 Å². The van der Waals surface area contributed by atoms with Crippen LogP contribution in [0.3, 0.4) is 0 Å². The van der Waals surface area contributed by atoms with Gasteiger partial charge in [0.2, 0.25) is 0 Å². The number of likely N-dealkylation sites (N-methyl/N-ethyl adjacent to an activating group) is 1. The van der Waals surface area contributed by atoms with E-state index in [4.69, 9.17) is 0 Å². The van der Waals surface area contributed by atoms with Crippen molar-refractivity contribution in [2.45, 2.75) is 11.1 Å². The number of nitrogens with one attached hydrogen (secondary N) is 2. The maximum Gasteiger partial charge on any atom is 0.251 e. The van der Waals surface area contributed by atoms with Crippen molar-refractivity contribution in [1.82, 2.24) is 10.0 Å². The summed E-state index contributed by atoms with van der Waals surface area (Å²) in [5, 5.41) is 2.88. The van der Waals surface area contributed by atoms with Gasteiger partial charge in [0.25, 0.3) is 10.0 Å². The maximum atomic E-state index is 11.8. The van der Waals surface area contributed by atoms with Crippen molar-refractivity contribution in [2.24, 2.45) is 0 Å². The lowest BCUT2D eigenvalue weighted by atomic mass is 10.5. The van der Waals surface area contributed by atoms with E-state index in [0.717, 1.165) is 4.88 Å². The lowest BCUT2D eigenvalue weighted by molar-refractivity contribution is 0.581. The Kier molecular flexibility index (Phi) is 4.72. The number of thiophene rings is 1. The zero-order valence-corrected chi connectivity index (χ0v) is 11.7. The van der Waals surface area contributed by atoms with Gasteiger partial charge in [0, 0.05) is 22.4 Å². The highest BCUT2D eigenvalue weighted by molar-refractivity contribution is 9.10. The van der Waals surface area contributed by atoms with E-state index in [1.165, 1.54) is 11.3 Å². The van der Waals surface area contributed by atoms with Crippen molar-refractivity contribution in [1.29, 1.82) is 0 Å². The lowest BCUT2D eigenvalue weighted by Crippen LogP contribution is -2.30. The highest BCUT2D eigenvalue weighted by Crippen LogP contribution is 2.30. The first kappa shape index (κ1) is 13.1. The van der Waals surface area contributed by atoms with Crippen LogP contribution in [0.1, 0.15) is 4.88 Å². The normalized spacial score (nSPS) is 11.9. The summed E-state index contributed by atoms with van der Waals surface area (Å²) in [4.78, 5) is 0.968. The number of aryl methyl sites for hydroxylation is 1. The van der Waals surface area contributed by atoms with Crippen molar-refractivity contribution >= 4 is 37.3 Å². The molecule has 7 heteroatoms. The zero-order valence-electron chi connectivity index (χ0n) is 8.50. The number of hydrogen-bond donors (Lipinski definition) is 2. The van der Waals surface area contributed by atoms with Gasteiger partial charge in [0.05, 0.1) is 0 Å². The maximum absolute atomic E-state index is 11.8. The van der Waals surface area contributed by atoms with Crippen LogP contribution in [0.25, 0.3) is 0 Å². The van der Waals surface area contributed by atoms with Gasteiger partial charge in [-0.25, -0.2) is 13.1 Å². The second-order valence-electron chi connectivity index (χ2n) is 2.99. The fourth-order valence-corrected chi connectivity index (χ4v) is 4.85. The summed E-state index contributed by atoms with van der Waals surface area (Å²) in [5.41, 5.74) is 0. The molecule has 1 aromatic heterocycles. The van der Waals surface area contributed by atoms with Crippen LogP contribution >= 0.6 is 27.3 Å². The molecule has 0 saturated carbocycles. The van der Waals surface area contributed by atoms with E-state index in [1.54, 1.807) is 13.1 Å². The first-order valence-electron chi connectivity index (χ1n) is 4.37. The lowest BCUT2D eigenvalue weighted by Gasteiger charge is -2.04. The summed E-state index contributed by atoms with van der Waals surface area (Å²) in [6.45, 7) is 2.88. The second kappa shape index (κ2) is 5.40. The average Bonchev–Trinajstić information content (AvgIpc) is 2.46. The molecule has 15 heavy (non-hydrogen) atoms. The van der Waals surface area contributed by atoms with E-state index in [-0.39, 0.29) is 0 Å². The topological polar surface area (TPSA) is 58.2 Å². The largest absolute Gasteiger partial charge is 0.318 e. The highest BCUT2D eigenvalue weighted by Gasteiger charge is 2.19. The molecule has 0 bridgehead atoms. The van der Waals surface area contributed by atoms with Gasteiger partial charge in [-0.1, -0.05) is 0 Å². The van der Waals surface area contributed by atoms with Crippen LogP contribution in [0, 0.1) is 6.92 Å². The summed E-state index contributed by atoms with van der Waals surface area (Å²) < 4.78 is 27.1. The Morgan fingerprint density at radius 3 is 2.60 bits per heavy atom. The predicted molar refractivity (Wildman–Crippen MR) is 65.9 cm³/mol. The Bertz CT molecular complexity index is 428. The van der Waals surface area contributed by atoms with Crippen molar-refractivity contribution in [3.05, 3.63) is 15.4 Å². The van der Waals surface area contributed by atoms with Crippen LogP contribution < -0.4 is 10.0 Å². The van der Waals surface area contributed by atoms with Gasteiger partial charge in [-0.05, 0) is 36.0 Å². The van der Waals surface area contributed by atoms with Gasteiger partial charge < -0.3 is 5.32 Å². The molecule has 0 aliphatic heterocycles. The molecule has 0 fully saturated rings. The minimum Gasteiger partial charge on any atom is -0.318 e. The minimum atomic E-state index is -3.36. The summed E-state index contributed by atoms with van der Waals surface area (Å²) in [6, 6.07) is 1.80. The summed E-state index contributed by atoms with van der Waals surface area (Å²) in [6.07, 6.45) is 0. The van der Waals surface area contributed by atoms with Crippen LogP contribution in [-0.4, -0.2) is 28.6 Å². The Morgan fingerprint density at radius 2 is 2.13 bits per heavy atom. The van der Waals surface area contributed by atoms with Crippen LogP contribution in [0.15, 0.2) is 14.7 Å². The van der Waals surface area contributed by atoms with Gasteiger partial charge in [-0.2, -0.15) is 0 Å². The molecule has 0 atom stereocenters. The number of rotatable bonds is 5. The fraction of sp³-hybridized carbons (Fsp3) is 0.500. The molecule has 1 heterocycles. The quantitative estimate of drug-likeness (QED) is 0.806. The van der Waals surface area contributed by atoms with Crippen molar-refractivity contribution < 1.29 is 8.42 Å². The molecule has 86 valence electrons. The molecular formula is C8H13BrN2O2S2. The molecule has 0 spiro atoms. The molecule has 0 radical (unpaired) electrons. The molecule has 0 aliphatic carbocycles. The standard InChI is InChI=1S/C8H13BrN2O2S2/c1-6-5-7(9)8(14-6)15(12,13)11-4-3-10-2/h5,10-11H,3-4H2,1-2H3. The van der Waals surface area contributed by atoms with E-state index in [9.17, 15) is 8.42 Å². The zero-order chi connectivity index (χ0) is 11.5. The van der Waals surface area contributed by atoms with Gasteiger partial charge >= 0.3 is 0 Å². The van der Waals surface area contributed by atoms with Crippen molar-refractivity contribution in [3.63, 3.8) is 0 Å². The van der Waals surface area contributed by atoms with Gasteiger partial charge in [0.15, 0.2) is 0 Å². The monoisotopic (exact) mass is 312 g/mol.